The number of rotatable bonds is 5. The predicted molar refractivity (Wildman–Crippen MR) is 158 cm³/mol. The molecule has 4 aliphatic rings. The van der Waals surface area contributed by atoms with Gasteiger partial charge in [-0.2, -0.15) is 0 Å². The number of phenolic OH excluding ortho intramolecular Hbond substituents is 1. The van der Waals surface area contributed by atoms with Gasteiger partial charge in [-0.3, -0.25) is 19.4 Å². The summed E-state index contributed by atoms with van der Waals surface area (Å²) in [5.41, 5.74) is 5.52. The number of allylic oxidation sites excluding steroid dienone is 2. The van der Waals surface area contributed by atoms with Crippen molar-refractivity contribution in [2.45, 2.75) is 72.1 Å². The summed E-state index contributed by atoms with van der Waals surface area (Å²) in [6.07, 6.45) is 2.17. The van der Waals surface area contributed by atoms with E-state index in [0.717, 1.165) is 60.2 Å². The van der Waals surface area contributed by atoms with Crippen LogP contribution in [-0.4, -0.2) is 58.0 Å². The number of aromatic hydroxyl groups is 1. The zero-order valence-electron chi connectivity index (χ0n) is 24.5. The number of carbonyl (C=O) groups excluding carboxylic acids is 2. The van der Waals surface area contributed by atoms with E-state index in [9.17, 15) is 19.7 Å². The molecule has 2 aromatic rings. The van der Waals surface area contributed by atoms with E-state index in [2.05, 4.69) is 43.0 Å². The number of fused-ring (bicyclic) bond motifs is 3. The fourth-order valence-corrected chi connectivity index (χ4v) is 7.85. The Morgan fingerprint density at radius 1 is 1.00 bits per heavy atom. The third kappa shape index (κ3) is 5.04. The van der Waals surface area contributed by atoms with Crippen molar-refractivity contribution >= 4 is 18.9 Å². The highest BCUT2D eigenvalue weighted by Gasteiger charge is 2.59. The van der Waals surface area contributed by atoms with Crippen LogP contribution in [0, 0.1) is 37.5 Å². The van der Waals surface area contributed by atoms with Crippen molar-refractivity contribution in [3.8, 4) is 5.75 Å². The lowest BCUT2D eigenvalue weighted by Gasteiger charge is -2.43. The molecule has 1 aliphatic carbocycles. The molecule has 0 bridgehead atoms. The summed E-state index contributed by atoms with van der Waals surface area (Å²) in [6, 6.07) is 14.1. The average molecular weight is 557 g/mol. The number of phenols is 1. The SMILES string of the molecule is Cc1cc([C@@H]2C[C@@H]3C(=C(C(C)C)C[C@@H]4C(=O)N(C5CCN(Cc6ccccc6)CC5)C(=O)[C@@H]43)B(O)O2)cc(C)c1O. The van der Waals surface area contributed by atoms with Crippen LogP contribution in [0.25, 0.3) is 0 Å². The number of amides is 2. The third-order valence-corrected chi connectivity index (χ3v) is 9.93. The van der Waals surface area contributed by atoms with E-state index in [0.29, 0.717) is 12.8 Å². The molecule has 6 rings (SSSR count). The number of nitrogens with zero attached hydrogens (tertiary/aromatic N) is 2. The number of benzene rings is 2. The van der Waals surface area contributed by atoms with Crippen LogP contribution >= 0.6 is 0 Å². The highest BCUT2D eigenvalue weighted by molar-refractivity contribution is 6.53. The smallest absolute Gasteiger partial charge is 0.487 e. The van der Waals surface area contributed by atoms with Crippen molar-refractivity contribution in [1.29, 1.82) is 0 Å². The van der Waals surface area contributed by atoms with Crippen LogP contribution in [0.4, 0.5) is 0 Å². The molecule has 0 spiro atoms. The van der Waals surface area contributed by atoms with Crippen molar-refractivity contribution in [2.75, 3.05) is 13.1 Å². The number of carbonyl (C=O) groups is 2. The van der Waals surface area contributed by atoms with Gasteiger partial charge in [0.15, 0.2) is 0 Å². The Morgan fingerprint density at radius 3 is 2.29 bits per heavy atom. The number of hydrogen-bond donors (Lipinski definition) is 2. The summed E-state index contributed by atoms with van der Waals surface area (Å²) in [5.74, 6) is -0.820. The molecule has 7 nitrogen and oxygen atoms in total. The fraction of sp³-hybridized carbons (Fsp3) is 0.515. The molecule has 3 heterocycles. The lowest BCUT2D eigenvalue weighted by molar-refractivity contribution is -0.144. The largest absolute Gasteiger partial charge is 0.507 e. The van der Waals surface area contributed by atoms with Gasteiger partial charge in [0, 0.05) is 25.7 Å². The first-order valence-electron chi connectivity index (χ1n) is 15.1. The fourth-order valence-electron chi connectivity index (χ4n) is 7.85. The summed E-state index contributed by atoms with van der Waals surface area (Å²) in [6.45, 7) is 10.5. The molecule has 8 heteroatoms. The topological polar surface area (TPSA) is 90.3 Å². The molecule has 3 aliphatic heterocycles. The van der Waals surface area contributed by atoms with E-state index in [1.54, 1.807) is 4.90 Å². The van der Waals surface area contributed by atoms with Crippen molar-refractivity contribution in [3.63, 3.8) is 0 Å². The van der Waals surface area contributed by atoms with Gasteiger partial charge >= 0.3 is 7.12 Å². The Morgan fingerprint density at radius 2 is 1.66 bits per heavy atom. The number of hydrogen-bond acceptors (Lipinski definition) is 6. The van der Waals surface area contributed by atoms with Crippen LogP contribution in [0.2, 0.25) is 0 Å². The molecule has 2 amide bonds. The standard InChI is InChI=1S/C33H41BN2O5/c1-19(2)25-16-27-29(26-17-28(41-34(40)30(25)26)23-14-20(3)31(37)21(4)15-23)33(39)36(32(27)38)24-10-12-35(13-11-24)18-22-8-6-5-7-9-22/h5-9,14-15,19,24,26-29,37,40H,10-13,16-18H2,1-4H3/t26-,27-,28-,29+/m0/s1. The molecule has 4 atom stereocenters. The minimum atomic E-state index is -1.12. The van der Waals surface area contributed by atoms with Gasteiger partial charge in [0.05, 0.1) is 17.9 Å². The predicted octanol–water partition coefficient (Wildman–Crippen LogP) is 4.73. The van der Waals surface area contributed by atoms with E-state index >= 15 is 0 Å². The van der Waals surface area contributed by atoms with Crippen molar-refractivity contribution < 1.29 is 24.4 Å². The molecule has 3 saturated heterocycles. The summed E-state index contributed by atoms with van der Waals surface area (Å²) in [4.78, 5) is 32.2. The lowest BCUT2D eigenvalue weighted by Crippen LogP contribution is -2.48. The van der Waals surface area contributed by atoms with Gasteiger partial charge in [0.2, 0.25) is 11.8 Å². The average Bonchev–Trinajstić information content (AvgIpc) is 3.21. The maximum absolute atomic E-state index is 14.2. The molecule has 0 aromatic heterocycles. The normalized spacial score (nSPS) is 27.6. The van der Waals surface area contributed by atoms with Gasteiger partial charge in [0.25, 0.3) is 0 Å². The van der Waals surface area contributed by atoms with Crippen molar-refractivity contribution in [2.24, 2.45) is 23.7 Å². The molecule has 0 saturated carbocycles. The summed E-state index contributed by atoms with van der Waals surface area (Å²) >= 11 is 0. The van der Waals surface area contributed by atoms with E-state index < -0.39 is 19.1 Å². The van der Waals surface area contributed by atoms with Crippen LogP contribution in [0.3, 0.4) is 0 Å². The first-order valence-corrected chi connectivity index (χ1v) is 15.1. The van der Waals surface area contributed by atoms with Crippen molar-refractivity contribution in [3.05, 3.63) is 75.8 Å². The Bertz CT molecular complexity index is 1340. The van der Waals surface area contributed by atoms with Crippen LogP contribution in [-0.2, 0) is 20.8 Å². The zero-order chi connectivity index (χ0) is 29.0. The molecule has 2 N–H and O–H groups in total. The Kier molecular flexibility index (Phi) is 7.60. The Labute approximate surface area is 243 Å². The Hall–Kier alpha value is -2.94. The highest BCUT2D eigenvalue weighted by Crippen LogP contribution is 2.53. The number of imide groups is 1. The van der Waals surface area contributed by atoms with Gasteiger partial charge in [-0.25, -0.2) is 0 Å². The molecule has 0 unspecified atom stereocenters. The number of aryl methyl sites for hydroxylation is 2. The van der Waals surface area contributed by atoms with Gasteiger partial charge < -0.3 is 14.8 Å². The molecule has 0 radical (unpaired) electrons. The second kappa shape index (κ2) is 11.0. The van der Waals surface area contributed by atoms with Crippen LogP contribution in [0.1, 0.15) is 67.9 Å². The van der Waals surface area contributed by atoms with E-state index in [4.69, 9.17) is 4.65 Å². The minimum Gasteiger partial charge on any atom is -0.507 e. The summed E-state index contributed by atoms with van der Waals surface area (Å²) in [7, 11) is -1.12. The summed E-state index contributed by atoms with van der Waals surface area (Å²) < 4.78 is 6.19. The molecule has 2 aromatic carbocycles. The monoisotopic (exact) mass is 556 g/mol. The van der Waals surface area contributed by atoms with E-state index in [1.165, 1.54) is 5.56 Å². The second-order valence-corrected chi connectivity index (χ2v) is 12.8. The van der Waals surface area contributed by atoms with Gasteiger partial charge in [-0.15, -0.1) is 0 Å². The Balaban J connectivity index is 1.25. The van der Waals surface area contributed by atoms with E-state index in [-0.39, 0.29) is 41.4 Å². The third-order valence-electron chi connectivity index (χ3n) is 9.93. The maximum atomic E-state index is 14.2. The molecular formula is C33H41BN2O5. The quantitative estimate of drug-likeness (QED) is 0.409. The molecular weight excluding hydrogens is 515 g/mol. The lowest BCUT2D eigenvalue weighted by atomic mass is 9.54. The van der Waals surface area contributed by atoms with Crippen molar-refractivity contribution in [1.82, 2.24) is 9.80 Å². The molecule has 3 fully saturated rings. The van der Waals surface area contributed by atoms with E-state index in [1.807, 2.05) is 32.0 Å². The molecule has 216 valence electrons. The number of likely N-dealkylation sites (tertiary alicyclic amines) is 2. The molecule has 41 heavy (non-hydrogen) atoms. The maximum Gasteiger partial charge on any atom is 0.487 e. The van der Waals surface area contributed by atoms with Crippen LogP contribution in [0.5, 0.6) is 5.75 Å². The first-order chi connectivity index (χ1) is 19.6. The van der Waals surface area contributed by atoms with Gasteiger partial charge in [0.1, 0.15) is 5.75 Å². The summed E-state index contributed by atoms with van der Waals surface area (Å²) in [5, 5.41) is 21.6. The first kappa shape index (κ1) is 28.2. The van der Waals surface area contributed by atoms with Crippen LogP contribution < -0.4 is 0 Å². The van der Waals surface area contributed by atoms with Gasteiger partial charge in [-0.1, -0.05) is 49.8 Å². The van der Waals surface area contributed by atoms with Gasteiger partial charge in [-0.05, 0) is 91.2 Å². The minimum absolute atomic E-state index is 0.0347. The number of piperidine rings is 1. The van der Waals surface area contributed by atoms with Crippen LogP contribution in [0.15, 0.2) is 53.5 Å². The second-order valence-electron chi connectivity index (χ2n) is 12.8. The zero-order valence-corrected chi connectivity index (χ0v) is 24.5. The highest BCUT2D eigenvalue weighted by atomic mass is 16.5.